The fourth-order valence-corrected chi connectivity index (χ4v) is 5.75. The number of ether oxygens (including phenoxy) is 1. The Balaban J connectivity index is 1.36. The first kappa shape index (κ1) is 18.8. The zero-order chi connectivity index (χ0) is 22.9. The van der Waals surface area contributed by atoms with Gasteiger partial charge in [0.2, 0.25) is 0 Å². The highest BCUT2D eigenvalue weighted by molar-refractivity contribution is 6.14. The van der Waals surface area contributed by atoms with E-state index in [0.717, 1.165) is 17.1 Å². The monoisotopic (exact) mass is 444 g/mol. The molecule has 1 nitrogen and oxygen atoms in total. The van der Waals surface area contributed by atoms with Gasteiger partial charge in [0.05, 0.1) is 0 Å². The number of rotatable bonds is 1. The first-order valence-electron chi connectivity index (χ1n) is 12.0. The molecule has 1 heterocycles. The minimum Gasteiger partial charge on any atom is -0.456 e. The van der Waals surface area contributed by atoms with E-state index in [1.54, 1.807) is 0 Å². The molecule has 0 saturated carbocycles. The Morgan fingerprint density at radius 3 is 2.14 bits per heavy atom. The van der Waals surface area contributed by atoms with Crippen LogP contribution in [-0.2, 0) is 0 Å². The molecule has 8 rings (SSSR count). The molecule has 0 fully saturated rings. The molecule has 0 aliphatic carbocycles. The zero-order valence-corrected chi connectivity index (χ0v) is 19.0. The molecule has 0 saturated heterocycles. The molecule has 1 aliphatic heterocycles. The van der Waals surface area contributed by atoms with Gasteiger partial charge in [-0.1, -0.05) is 91.0 Å². The average molecular weight is 445 g/mol. The maximum Gasteiger partial charge on any atom is 0.135 e. The molecule has 1 aliphatic rings. The Bertz CT molecular complexity index is 1980. The summed E-state index contributed by atoms with van der Waals surface area (Å²) in [5, 5.41) is 10.1. The fraction of sp³-hybridized carbons (Fsp3) is 0. The van der Waals surface area contributed by atoms with E-state index < -0.39 is 0 Å². The van der Waals surface area contributed by atoms with Crippen LogP contribution in [0.3, 0.4) is 0 Å². The van der Waals surface area contributed by atoms with E-state index in [-0.39, 0.29) is 0 Å². The largest absolute Gasteiger partial charge is 0.456 e. The smallest absolute Gasteiger partial charge is 0.135 e. The molecule has 0 N–H and O–H groups in total. The Labute approximate surface area is 202 Å². The third kappa shape index (κ3) is 2.70. The number of fused-ring (bicyclic) bond motifs is 6. The van der Waals surface area contributed by atoms with Crippen LogP contribution in [0.4, 0.5) is 0 Å². The second kappa shape index (κ2) is 6.94. The van der Waals surface area contributed by atoms with Crippen LogP contribution in [0.15, 0.2) is 121 Å². The third-order valence-electron chi connectivity index (χ3n) is 7.41. The minimum absolute atomic E-state index is 0.922. The van der Waals surface area contributed by atoms with Crippen LogP contribution >= 0.6 is 0 Å². The lowest BCUT2D eigenvalue weighted by molar-refractivity contribution is 0.487. The fourth-order valence-electron chi connectivity index (χ4n) is 5.75. The quantitative estimate of drug-likeness (QED) is 0.181. The van der Waals surface area contributed by atoms with Gasteiger partial charge in [-0.25, -0.2) is 0 Å². The summed E-state index contributed by atoms with van der Waals surface area (Å²) in [5.74, 6) is 1.85. The summed E-state index contributed by atoms with van der Waals surface area (Å²) < 4.78 is 6.29. The lowest BCUT2D eigenvalue weighted by Gasteiger charge is -2.22. The number of benzene rings is 7. The van der Waals surface area contributed by atoms with E-state index in [0.29, 0.717) is 0 Å². The molecule has 0 aromatic heterocycles. The maximum absolute atomic E-state index is 6.29. The van der Waals surface area contributed by atoms with E-state index in [9.17, 15) is 0 Å². The van der Waals surface area contributed by atoms with Crippen LogP contribution in [0.5, 0.6) is 11.5 Å². The van der Waals surface area contributed by atoms with Crippen LogP contribution in [0.1, 0.15) is 0 Å². The molecule has 0 amide bonds. The Morgan fingerprint density at radius 1 is 0.371 bits per heavy atom. The standard InChI is InChI=1S/C34H20O/c1-2-7-26-21(6-1)12-14-24-19-25-18-23(15-13-22(25)20-31(24)26)27-16-17-30-28-8-3-4-10-32(28)35-33-11-5-9-29(27)34(30)33/h1-20H. The summed E-state index contributed by atoms with van der Waals surface area (Å²) in [6, 6.07) is 43.8. The predicted octanol–water partition coefficient (Wildman–Crippen LogP) is 9.74. The van der Waals surface area contributed by atoms with Crippen molar-refractivity contribution >= 4 is 43.1 Å². The van der Waals surface area contributed by atoms with Gasteiger partial charge in [0.15, 0.2) is 0 Å². The molecule has 7 aromatic rings. The van der Waals surface area contributed by atoms with Crippen molar-refractivity contribution in [3.63, 3.8) is 0 Å². The Morgan fingerprint density at radius 2 is 1.14 bits per heavy atom. The van der Waals surface area contributed by atoms with Gasteiger partial charge in [0.1, 0.15) is 11.5 Å². The first-order chi connectivity index (χ1) is 17.3. The summed E-state index contributed by atoms with van der Waals surface area (Å²) in [7, 11) is 0. The van der Waals surface area contributed by atoms with Crippen molar-refractivity contribution in [2.75, 3.05) is 0 Å². The van der Waals surface area contributed by atoms with Crippen molar-refractivity contribution in [3.05, 3.63) is 121 Å². The van der Waals surface area contributed by atoms with Crippen molar-refractivity contribution in [1.82, 2.24) is 0 Å². The van der Waals surface area contributed by atoms with Crippen molar-refractivity contribution in [3.8, 4) is 33.8 Å². The summed E-state index contributed by atoms with van der Waals surface area (Å²) >= 11 is 0. The van der Waals surface area contributed by atoms with Crippen LogP contribution in [0, 0.1) is 0 Å². The second-order valence-electron chi connectivity index (χ2n) is 9.36. The van der Waals surface area contributed by atoms with Gasteiger partial charge in [-0.3, -0.25) is 0 Å². The topological polar surface area (TPSA) is 9.23 Å². The van der Waals surface area contributed by atoms with Gasteiger partial charge >= 0.3 is 0 Å². The van der Waals surface area contributed by atoms with Gasteiger partial charge < -0.3 is 4.74 Å². The summed E-state index contributed by atoms with van der Waals surface area (Å²) in [5.41, 5.74) is 4.84. The molecule has 0 radical (unpaired) electrons. The van der Waals surface area contributed by atoms with Crippen molar-refractivity contribution in [1.29, 1.82) is 0 Å². The molecule has 162 valence electrons. The van der Waals surface area contributed by atoms with Crippen LogP contribution in [0.25, 0.3) is 65.3 Å². The zero-order valence-electron chi connectivity index (χ0n) is 19.0. The van der Waals surface area contributed by atoms with Crippen LogP contribution < -0.4 is 4.74 Å². The number of para-hydroxylation sites is 1. The summed E-state index contributed by atoms with van der Waals surface area (Å²) in [6.07, 6.45) is 0. The highest BCUT2D eigenvalue weighted by atomic mass is 16.5. The van der Waals surface area contributed by atoms with Crippen molar-refractivity contribution in [2.24, 2.45) is 0 Å². The molecule has 0 atom stereocenters. The second-order valence-corrected chi connectivity index (χ2v) is 9.36. The highest BCUT2D eigenvalue weighted by Gasteiger charge is 2.21. The maximum atomic E-state index is 6.29. The first-order valence-corrected chi connectivity index (χ1v) is 12.0. The van der Waals surface area contributed by atoms with Crippen molar-refractivity contribution < 1.29 is 4.74 Å². The van der Waals surface area contributed by atoms with Gasteiger partial charge in [0, 0.05) is 10.9 Å². The molecule has 0 spiro atoms. The SMILES string of the molecule is c1ccc2c(c1)Oc1cccc3c(-c4ccc5cc6c(ccc7ccccc76)cc5c4)ccc-2c13. The Hall–Kier alpha value is -4.62. The summed E-state index contributed by atoms with van der Waals surface area (Å²) in [6.45, 7) is 0. The molecule has 0 bridgehead atoms. The normalized spacial score (nSPS) is 12.2. The Kier molecular flexibility index (Phi) is 3.72. The van der Waals surface area contributed by atoms with E-state index >= 15 is 0 Å². The van der Waals surface area contributed by atoms with Gasteiger partial charge in [-0.2, -0.15) is 0 Å². The molecular weight excluding hydrogens is 424 g/mol. The van der Waals surface area contributed by atoms with E-state index in [1.165, 1.54) is 59.8 Å². The number of hydrogen-bond acceptors (Lipinski definition) is 1. The molecule has 0 unspecified atom stereocenters. The predicted molar refractivity (Wildman–Crippen MR) is 147 cm³/mol. The van der Waals surface area contributed by atoms with E-state index in [1.807, 2.05) is 12.1 Å². The van der Waals surface area contributed by atoms with E-state index in [2.05, 4.69) is 109 Å². The average Bonchev–Trinajstić information content (AvgIpc) is 2.92. The van der Waals surface area contributed by atoms with Gasteiger partial charge in [-0.15, -0.1) is 0 Å². The third-order valence-corrected chi connectivity index (χ3v) is 7.41. The lowest BCUT2D eigenvalue weighted by Crippen LogP contribution is -1.97. The molecule has 35 heavy (non-hydrogen) atoms. The molecule has 7 aromatic carbocycles. The molecule has 1 heteroatoms. The van der Waals surface area contributed by atoms with Crippen LogP contribution in [0.2, 0.25) is 0 Å². The molecular formula is C34H20O. The lowest BCUT2D eigenvalue weighted by atomic mass is 9.89. The van der Waals surface area contributed by atoms with Crippen molar-refractivity contribution in [2.45, 2.75) is 0 Å². The van der Waals surface area contributed by atoms with Gasteiger partial charge in [-0.05, 0) is 84.7 Å². The van der Waals surface area contributed by atoms with Gasteiger partial charge in [0.25, 0.3) is 0 Å². The van der Waals surface area contributed by atoms with E-state index in [4.69, 9.17) is 4.74 Å². The minimum atomic E-state index is 0.922. The summed E-state index contributed by atoms with van der Waals surface area (Å²) in [4.78, 5) is 0. The van der Waals surface area contributed by atoms with Crippen LogP contribution in [-0.4, -0.2) is 0 Å². The highest BCUT2D eigenvalue weighted by Crippen LogP contribution is 2.48. The number of hydrogen-bond donors (Lipinski definition) is 0.